The molecule has 1 amide bonds. The van der Waals surface area contributed by atoms with Crippen LogP contribution in [0.3, 0.4) is 0 Å². The molecule has 128 valence electrons. The van der Waals surface area contributed by atoms with Crippen LogP contribution in [0.15, 0.2) is 5.38 Å². The molecular weight excluding hydrogens is 322 g/mol. The van der Waals surface area contributed by atoms with Crippen LogP contribution in [0.2, 0.25) is 0 Å². The Balaban J connectivity index is 0.000000379. The summed E-state index contributed by atoms with van der Waals surface area (Å²) in [5.41, 5.74) is 0.958. The van der Waals surface area contributed by atoms with Gasteiger partial charge in [0.15, 0.2) is 5.13 Å². The summed E-state index contributed by atoms with van der Waals surface area (Å²) in [7, 11) is 0. The molecule has 2 heterocycles. The predicted octanol–water partition coefficient (Wildman–Crippen LogP) is 1.42. The highest BCUT2D eigenvalue weighted by atomic mass is 32.1. The second-order valence-corrected chi connectivity index (χ2v) is 6.00. The second-order valence-electron chi connectivity index (χ2n) is 5.14. The molecule has 1 aliphatic rings. The Morgan fingerprint density at radius 2 is 1.74 bits per heavy atom. The number of aryl methyl sites for hydroxylation is 1. The van der Waals surface area contributed by atoms with Gasteiger partial charge in [-0.2, -0.15) is 0 Å². The molecule has 1 aromatic heterocycles. The van der Waals surface area contributed by atoms with Gasteiger partial charge in [0.2, 0.25) is 5.91 Å². The van der Waals surface area contributed by atoms with E-state index in [1.165, 1.54) is 37.0 Å². The Bertz CT molecular complexity index is 526. The maximum atomic E-state index is 11.8. The van der Waals surface area contributed by atoms with Crippen molar-refractivity contribution in [3.63, 3.8) is 0 Å². The number of carbonyl (C=O) groups excluding carboxylic acids is 1. The Morgan fingerprint density at radius 1 is 1.17 bits per heavy atom. The van der Waals surface area contributed by atoms with Crippen LogP contribution in [0, 0.1) is 6.92 Å². The van der Waals surface area contributed by atoms with Gasteiger partial charge < -0.3 is 15.5 Å². The zero-order chi connectivity index (χ0) is 17.2. The summed E-state index contributed by atoms with van der Waals surface area (Å²) in [6, 6.07) is 0. The fourth-order valence-corrected chi connectivity index (χ4v) is 2.77. The number of rotatable bonds is 3. The van der Waals surface area contributed by atoms with Crippen LogP contribution in [0.1, 0.15) is 31.4 Å². The first-order chi connectivity index (χ1) is 10.9. The normalized spacial score (nSPS) is 15.0. The Hall–Kier alpha value is -2.00. The lowest BCUT2D eigenvalue weighted by Crippen LogP contribution is -2.33. The first-order valence-corrected chi connectivity index (χ1v) is 8.17. The highest BCUT2D eigenvalue weighted by molar-refractivity contribution is 7.13. The van der Waals surface area contributed by atoms with E-state index in [1.54, 1.807) is 0 Å². The van der Waals surface area contributed by atoms with Gasteiger partial charge in [-0.15, -0.1) is 11.3 Å². The Morgan fingerprint density at radius 3 is 2.17 bits per heavy atom. The zero-order valence-electron chi connectivity index (χ0n) is 12.9. The molecule has 0 atom stereocenters. The summed E-state index contributed by atoms with van der Waals surface area (Å²) < 4.78 is 0. The number of amides is 1. The summed E-state index contributed by atoms with van der Waals surface area (Å²) in [4.78, 5) is 36.5. The molecule has 1 aliphatic heterocycles. The van der Waals surface area contributed by atoms with E-state index in [1.807, 2.05) is 12.3 Å². The van der Waals surface area contributed by atoms with Gasteiger partial charge in [0.05, 0.1) is 12.2 Å². The largest absolute Gasteiger partial charge is 0.473 e. The highest BCUT2D eigenvalue weighted by Crippen LogP contribution is 2.14. The van der Waals surface area contributed by atoms with Crippen molar-refractivity contribution < 1.29 is 24.6 Å². The maximum Gasteiger partial charge on any atom is 0.414 e. The second kappa shape index (κ2) is 9.90. The van der Waals surface area contributed by atoms with Crippen LogP contribution in [0.5, 0.6) is 0 Å². The summed E-state index contributed by atoms with van der Waals surface area (Å²) in [6.45, 7) is 4.52. The number of nitrogens with zero attached hydrogens (tertiary/aromatic N) is 2. The van der Waals surface area contributed by atoms with Crippen molar-refractivity contribution >= 4 is 34.3 Å². The first kappa shape index (κ1) is 19.0. The van der Waals surface area contributed by atoms with Crippen LogP contribution in [0.4, 0.5) is 5.13 Å². The molecule has 2 rings (SSSR count). The van der Waals surface area contributed by atoms with Gasteiger partial charge in [-0.05, 0) is 32.9 Å². The quantitative estimate of drug-likeness (QED) is 0.710. The number of aliphatic carboxylic acids is 2. The monoisotopic (exact) mass is 343 g/mol. The van der Waals surface area contributed by atoms with Crippen molar-refractivity contribution in [1.29, 1.82) is 0 Å². The number of carboxylic acids is 2. The number of hydrogen-bond donors (Lipinski definition) is 3. The van der Waals surface area contributed by atoms with E-state index < -0.39 is 11.9 Å². The third kappa shape index (κ3) is 8.27. The molecule has 0 bridgehead atoms. The fraction of sp³-hybridized carbons (Fsp3) is 0.571. The molecule has 0 aliphatic carbocycles. The number of likely N-dealkylation sites (tertiary alicyclic amines) is 1. The smallest absolute Gasteiger partial charge is 0.414 e. The van der Waals surface area contributed by atoms with E-state index in [4.69, 9.17) is 19.8 Å². The SMILES string of the molecule is Cc1csc(NC(=O)CN2CCCCCC2)n1.O=C(O)C(=O)O. The van der Waals surface area contributed by atoms with Crippen molar-refractivity contribution in [1.82, 2.24) is 9.88 Å². The number of thiazole rings is 1. The summed E-state index contributed by atoms with van der Waals surface area (Å²) in [5.74, 6) is -3.59. The molecule has 1 aromatic rings. The van der Waals surface area contributed by atoms with Gasteiger partial charge in [-0.25, -0.2) is 14.6 Å². The van der Waals surface area contributed by atoms with E-state index in [2.05, 4.69) is 15.2 Å². The molecule has 0 unspecified atom stereocenters. The van der Waals surface area contributed by atoms with Gasteiger partial charge >= 0.3 is 11.9 Å². The Kier molecular flexibility index (Phi) is 8.20. The maximum absolute atomic E-state index is 11.8. The number of carboxylic acid groups (broad SMARTS) is 2. The Labute approximate surface area is 138 Å². The topological polar surface area (TPSA) is 120 Å². The van der Waals surface area contributed by atoms with E-state index in [0.717, 1.165) is 18.8 Å². The lowest BCUT2D eigenvalue weighted by Gasteiger charge is -2.18. The van der Waals surface area contributed by atoms with Crippen LogP contribution in [-0.4, -0.2) is 57.6 Å². The van der Waals surface area contributed by atoms with Crippen LogP contribution in [0.25, 0.3) is 0 Å². The van der Waals surface area contributed by atoms with E-state index in [-0.39, 0.29) is 5.91 Å². The summed E-state index contributed by atoms with van der Waals surface area (Å²) >= 11 is 1.48. The average Bonchev–Trinajstić information content (AvgIpc) is 2.73. The van der Waals surface area contributed by atoms with Gasteiger partial charge in [-0.1, -0.05) is 12.8 Å². The first-order valence-electron chi connectivity index (χ1n) is 7.29. The number of carbonyl (C=O) groups is 3. The van der Waals surface area contributed by atoms with E-state index in [9.17, 15) is 4.79 Å². The predicted molar refractivity (Wildman–Crippen MR) is 85.7 cm³/mol. The molecule has 0 aromatic carbocycles. The number of nitrogens with one attached hydrogen (secondary N) is 1. The van der Waals surface area contributed by atoms with Crippen LogP contribution >= 0.6 is 11.3 Å². The van der Waals surface area contributed by atoms with Crippen molar-refractivity contribution in [2.45, 2.75) is 32.6 Å². The van der Waals surface area contributed by atoms with Crippen LogP contribution in [-0.2, 0) is 14.4 Å². The molecule has 1 saturated heterocycles. The molecule has 0 spiro atoms. The fourth-order valence-electron chi connectivity index (χ4n) is 2.07. The molecule has 8 nitrogen and oxygen atoms in total. The molecule has 0 radical (unpaired) electrons. The minimum atomic E-state index is -1.82. The van der Waals surface area contributed by atoms with Gasteiger partial charge in [0, 0.05) is 5.38 Å². The lowest BCUT2D eigenvalue weighted by molar-refractivity contribution is -0.159. The minimum Gasteiger partial charge on any atom is -0.473 e. The summed E-state index contributed by atoms with van der Waals surface area (Å²) in [5, 5.41) is 20.3. The van der Waals surface area contributed by atoms with E-state index in [0.29, 0.717) is 11.7 Å². The molecule has 0 saturated carbocycles. The lowest BCUT2D eigenvalue weighted by atomic mass is 10.2. The third-order valence-electron chi connectivity index (χ3n) is 3.11. The van der Waals surface area contributed by atoms with Crippen molar-refractivity contribution in [2.24, 2.45) is 0 Å². The van der Waals surface area contributed by atoms with Gasteiger partial charge in [-0.3, -0.25) is 9.69 Å². The third-order valence-corrected chi connectivity index (χ3v) is 3.99. The van der Waals surface area contributed by atoms with E-state index >= 15 is 0 Å². The molecular formula is C14H21N3O5S. The summed E-state index contributed by atoms with van der Waals surface area (Å²) in [6.07, 6.45) is 5.01. The average molecular weight is 343 g/mol. The van der Waals surface area contributed by atoms with Crippen molar-refractivity contribution in [2.75, 3.05) is 25.0 Å². The van der Waals surface area contributed by atoms with Crippen LogP contribution < -0.4 is 5.32 Å². The highest BCUT2D eigenvalue weighted by Gasteiger charge is 2.13. The molecule has 1 fully saturated rings. The number of hydrogen-bond acceptors (Lipinski definition) is 6. The van der Waals surface area contributed by atoms with Gasteiger partial charge in [0.1, 0.15) is 0 Å². The van der Waals surface area contributed by atoms with Crippen molar-refractivity contribution in [3.05, 3.63) is 11.1 Å². The molecule has 3 N–H and O–H groups in total. The number of aromatic nitrogens is 1. The minimum absolute atomic E-state index is 0.0567. The molecule has 23 heavy (non-hydrogen) atoms. The molecule has 9 heteroatoms. The van der Waals surface area contributed by atoms with Crippen molar-refractivity contribution in [3.8, 4) is 0 Å². The standard InChI is InChI=1S/C12H19N3OS.C2H2O4/c1-10-9-17-12(13-10)14-11(16)8-15-6-4-2-3-5-7-15;3-1(4)2(5)6/h9H,2-8H2,1H3,(H,13,14,16);(H,3,4)(H,5,6). The number of anilines is 1. The van der Waals surface area contributed by atoms with Gasteiger partial charge in [0.25, 0.3) is 0 Å². The zero-order valence-corrected chi connectivity index (χ0v) is 13.8.